The lowest BCUT2D eigenvalue weighted by Crippen LogP contribution is -2.23. The Labute approximate surface area is 133 Å². The van der Waals surface area contributed by atoms with Gasteiger partial charge < -0.3 is 9.30 Å². The molecule has 1 aliphatic heterocycles. The van der Waals surface area contributed by atoms with Gasteiger partial charge in [-0.15, -0.1) is 0 Å². The van der Waals surface area contributed by atoms with Crippen LogP contribution in [-0.4, -0.2) is 36.3 Å². The van der Waals surface area contributed by atoms with Crippen LogP contribution in [0.4, 0.5) is 0 Å². The summed E-state index contributed by atoms with van der Waals surface area (Å²) in [7, 11) is 0. The van der Waals surface area contributed by atoms with Crippen LogP contribution in [0, 0.1) is 5.92 Å². The van der Waals surface area contributed by atoms with Gasteiger partial charge in [-0.3, -0.25) is 10.1 Å². The maximum Gasteiger partial charge on any atom is 0.174 e. The highest BCUT2D eigenvalue weighted by molar-refractivity contribution is 5.48. The highest BCUT2D eigenvalue weighted by atomic mass is 16.5. The molecule has 1 N–H and O–H groups in total. The van der Waals surface area contributed by atoms with Crippen molar-refractivity contribution in [3.8, 4) is 11.5 Å². The highest BCUT2D eigenvalue weighted by Gasteiger charge is 2.24. The van der Waals surface area contributed by atoms with Gasteiger partial charge in [0.15, 0.2) is 5.82 Å². The van der Waals surface area contributed by atoms with E-state index in [0.717, 1.165) is 37.3 Å². The average molecular weight is 310 g/mol. The maximum atomic E-state index is 5.94. The third-order valence-electron chi connectivity index (χ3n) is 4.24. The molecule has 0 bridgehead atoms. The van der Waals surface area contributed by atoms with E-state index in [4.69, 9.17) is 4.74 Å². The molecule has 118 valence electrons. The van der Waals surface area contributed by atoms with Crippen molar-refractivity contribution in [1.29, 1.82) is 0 Å². The van der Waals surface area contributed by atoms with Crippen molar-refractivity contribution in [2.45, 2.75) is 25.5 Å². The molecule has 0 radical (unpaired) electrons. The Morgan fingerprint density at radius 1 is 1.30 bits per heavy atom. The van der Waals surface area contributed by atoms with Gasteiger partial charge in [-0.2, -0.15) is 5.10 Å². The minimum Gasteiger partial charge on any atom is -0.373 e. The second-order valence-electron chi connectivity index (χ2n) is 5.82. The zero-order chi connectivity index (χ0) is 15.5. The Morgan fingerprint density at radius 3 is 3.04 bits per heavy atom. The topological polar surface area (TPSA) is 81.5 Å². The summed E-state index contributed by atoms with van der Waals surface area (Å²) in [6.07, 6.45) is 11.3. The van der Waals surface area contributed by atoms with Gasteiger partial charge in [0.2, 0.25) is 0 Å². The summed E-state index contributed by atoms with van der Waals surface area (Å²) < 4.78 is 8.08. The van der Waals surface area contributed by atoms with Crippen LogP contribution in [0.15, 0.2) is 43.4 Å². The molecule has 0 aromatic carbocycles. The molecule has 1 saturated heterocycles. The van der Waals surface area contributed by atoms with Gasteiger partial charge in [0, 0.05) is 31.7 Å². The predicted molar refractivity (Wildman–Crippen MR) is 83.3 cm³/mol. The number of pyridine rings is 1. The van der Waals surface area contributed by atoms with Crippen LogP contribution in [0.2, 0.25) is 0 Å². The molecule has 7 heteroatoms. The summed E-state index contributed by atoms with van der Waals surface area (Å²) >= 11 is 0. The van der Waals surface area contributed by atoms with E-state index in [1.807, 2.05) is 31.0 Å². The number of nitrogens with zero attached hydrogens (tertiary/aromatic N) is 5. The van der Waals surface area contributed by atoms with E-state index in [9.17, 15) is 0 Å². The van der Waals surface area contributed by atoms with Gasteiger partial charge in [-0.05, 0) is 30.4 Å². The van der Waals surface area contributed by atoms with Crippen LogP contribution >= 0.6 is 0 Å². The first-order chi connectivity index (χ1) is 11.4. The van der Waals surface area contributed by atoms with Crippen molar-refractivity contribution in [2.24, 2.45) is 5.92 Å². The van der Waals surface area contributed by atoms with Gasteiger partial charge in [0.1, 0.15) is 12.0 Å². The lowest BCUT2D eigenvalue weighted by Gasteiger charge is -2.30. The Bertz CT molecular complexity index is 723. The fourth-order valence-electron chi connectivity index (χ4n) is 3.02. The molecule has 7 nitrogen and oxygen atoms in total. The number of rotatable bonds is 4. The summed E-state index contributed by atoms with van der Waals surface area (Å²) in [6.45, 7) is 1.78. The van der Waals surface area contributed by atoms with Crippen molar-refractivity contribution >= 4 is 0 Å². The molecule has 0 saturated carbocycles. The van der Waals surface area contributed by atoms with Crippen molar-refractivity contribution in [3.63, 3.8) is 0 Å². The first-order valence-electron chi connectivity index (χ1n) is 7.77. The molecule has 0 aliphatic carbocycles. The summed E-state index contributed by atoms with van der Waals surface area (Å²) in [5, 5.41) is 6.67. The molecule has 1 fully saturated rings. The fraction of sp³-hybridized carbons (Fsp3) is 0.375. The second-order valence-corrected chi connectivity index (χ2v) is 5.82. The number of hydrogen-bond donors (Lipinski definition) is 1. The Kier molecular flexibility index (Phi) is 3.85. The second kappa shape index (κ2) is 6.29. The summed E-state index contributed by atoms with van der Waals surface area (Å²) in [6, 6.07) is 4.02. The number of nitrogens with one attached hydrogen (secondary N) is 1. The van der Waals surface area contributed by atoms with E-state index in [1.165, 1.54) is 6.33 Å². The van der Waals surface area contributed by atoms with Crippen LogP contribution in [0.3, 0.4) is 0 Å². The summed E-state index contributed by atoms with van der Waals surface area (Å²) in [5.74, 6) is 1.27. The molecule has 4 rings (SSSR count). The molecular formula is C16H18N6O. The van der Waals surface area contributed by atoms with Crippen LogP contribution < -0.4 is 0 Å². The van der Waals surface area contributed by atoms with Crippen LogP contribution in [-0.2, 0) is 11.3 Å². The minimum atomic E-state index is 0.105. The Morgan fingerprint density at radius 2 is 2.30 bits per heavy atom. The van der Waals surface area contributed by atoms with Gasteiger partial charge in [-0.25, -0.2) is 9.97 Å². The molecule has 23 heavy (non-hydrogen) atoms. The normalized spacial score (nSPS) is 21.4. The Hall–Kier alpha value is -2.54. The minimum absolute atomic E-state index is 0.105. The van der Waals surface area contributed by atoms with Crippen molar-refractivity contribution in [1.82, 2.24) is 29.7 Å². The standard InChI is InChI=1S/C16H18N6O/c1-2-14(16-19-10-20-21-16)18-8-13(1)15-7-12(3-6-23-15)9-22-5-4-17-11-22/h1-2,4-5,8,10-12,15H,3,6-7,9H2,(H,19,20,21). The predicted octanol–water partition coefficient (Wildman–Crippen LogP) is 2.23. The number of H-pyrrole nitrogens is 1. The molecule has 1 aliphatic rings. The van der Waals surface area contributed by atoms with E-state index in [1.54, 1.807) is 0 Å². The Balaban J connectivity index is 1.44. The van der Waals surface area contributed by atoms with Crippen LogP contribution in [0.25, 0.3) is 11.5 Å². The lowest BCUT2D eigenvalue weighted by molar-refractivity contribution is -0.0140. The van der Waals surface area contributed by atoms with Crippen molar-refractivity contribution in [2.75, 3.05) is 6.61 Å². The zero-order valence-corrected chi connectivity index (χ0v) is 12.7. The van der Waals surface area contributed by atoms with E-state index in [2.05, 4.69) is 35.8 Å². The molecule has 0 amide bonds. The summed E-state index contributed by atoms with van der Waals surface area (Å²) in [5.41, 5.74) is 1.90. The van der Waals surface area contributed by atoms with Gasteiger partial charge in [0.25, 0.3) is 0 Å². The number of hydrogen-bond acceptors (Lipinski definition) is 5. The highest BCUT2D eigenvalue weighted by Crippen LogP contribution is 2.32. The van der Waals surface area contributed by atoms with Gasteiger partial charge in [-0.1, -0.05) is 6.07 Å². The van der Waals surface area contributed by atoms with Gasteiger partial charge >= 0.3 is 0 Å². The monoisotopic (exact) mass is 310 g/mol. The summed E-state index contributed by atoms with van der Waals surface area (Å²) in [4.78, 5) is 12.7. The fourth-order valence-corrected chi connectivity index (χ4v) is 3.02. The molecule has 2 atom stereocenters. The maximum absolute atomic E-state index is 5.94. The van der Waals surface area contributed by atoms with Crippen molar-refractivity contribution < 1.29 is 4.74 Å². The van der Waals surface area contributed by atoms with Crippen molar-refractivity contribution in [3.05, 3.63) is 48.9 Å². The lowest BCUT2D eigenvalue weighted by atomic mass is 9.92. The quantitative estimate of drug-likeness (QED) is 0.799. The third-order valence-corrected chi connectivity index (χ3v) is 4.24. The number of aromatic nitrogens is 6. The molecular weight excluding hydrogens is 292 g/mol. The van der Waals surface area contributed by atoms with E-state index in [0.29, 0.717) is 11.7 Å². The molecule has 4 heterocycles. The molecule has 3 aromatic heterocycles. The largest absolute Gasteiger partial charge is 0.373 e. The van der Waals surface area contributed by atoms with Crippen LogP contribution in [0.1, 0.15) is 24.5 Å². The van der Waals surface area contributed by atoms with Gasteiger partial charge in [0.05, 0.1) is 12.4 Å². The third kappa shape index (κ3) is 3.14. The number of ether oxygens (including phenoxy) is 1. The smallest absolute Gasteiger partial charge is 0.174 e. The first-order valence-corrected chi connectivity index (χ1v) is 7.77. The first kappa shape index (κ1) is 14.1. The van der Waals surface area contributed by atoms with Crippen LogP contribution in [0.5, 0.6) is 0 Å². The molecule has 2 unspecified atom stereocenters. The zero-order valence-electron chi connectivity index (χ0n) is 12.7. The number of imidazole rings is 1. The van der Waals surface area contributed by atoms with E-state index in [-0.39, 0.29) is 6.10 Å². The van der Waals surface area contributed by atoms with E-state index >= 15 is 0 Å². The molecule has 0 spiro atoms. The SMILES string of the molecule is c1cn(CC2CCOC(c3ccc(-c4ncn[nH]4)nc3)C2)cn1. The van der Waals surface area contributed by atoms with E-state index < -0.39 is 0 Å². The number of aromatic amines is 1. The average Bonchev–Trinajstić information content (AvgIpc) is 3.29. The molecule has 3 aromatic rings.